The number of hydrogen-bond acceptors (Lipinski definition) is 3. The second kappa shape index (κ2) is 8.93. The Kier molecular flexibility index (Phi) is 7.55. The highest BCUT2D eigenvalue weighted by atomic mass is 19.1. The molecule has 0 aromatic heterocycles. The zero-order valence-electron chi connectivity index (χ0n) is 12.9. The Hall–Kier alpha value is -1.13. The van der Waals surface area contributed by atoms with Crippen molar-refractivity contribution in [3.05, 3.63) is 29.6 Å². The second-order valence-electron chi connectivity index (χ2n) is 5.05. The van der Waals surface area contributed by atoms with Crippen LogP contribution in [0, 0.1) is 5.82 Å². The van der Waals surface area contributed by atoms with E-state index < -0.39 is 0 Å². The lowest BCUT2D eigenvalue weighted by Crippen LogP contribution is -2.32. The number of halogens is 1. The standard InChI is InChI=1S/C16H26FNO2/c1-5-18-14(8-6-12(2)19-3)10-13-7-9-16(20-4)15(17)11-13/h7,9,11-12,14,18H,5-6,8,10H2,1-4H3. The third-order valence-electron chi connectivity index (χ3n) is 3.52. The molecule has 0 aliphatic carbocycles. The summed E-state index contributed by atoms with van der Waals surface area (Å²) < 4.78 is 23.9. The fourth-order valence-corrected chi connectivity index (χ4v) is 2.24. The molecule has 4 heteroatoms. The van der Waals surface area contributed by atoms with Gasteiger partial charge in [0.05, 0.1) is 13.2 Å². The van der Waals surface area contributed by atoms with E-state index in [0.717, 1.165) is 31.4 Å². The summed E-state index contributed by atoms with van der Waals surface area (Å²) in [5.41, 5.74) is 0.985. The van der Waals surface area contributed by atoms with Gasteiger partial charge in [-0.3, -0.25) is 0 Å². The molecule has 0 heterocycles. The summed E-state index contributed by atoms with van der Waals surface area (Å²) in [5, 5.41) is 3.45. The van der Waals surface area contributed by atoms with Crippen molar-refractivity contribution in [1.82, 2.24) is 5.32 Å². The molecule has 0 aliphatic rings. The number of benzene rings is 1. The maximum atomic E-state index is 13.7. The molecule has 1 aromatic rings. The highest BCUT2D eigenvalue weighted by Gasteiger charge is 2.12. The summed E-state index contributed by atoms with van der Waals surface area (Å²) in [7, 11) is 3.21. The lowest BCUT2D eigenvalue weighted by molar-refractivity contribution is 0.106. The number of rotatable bonds is 9. The SMILES string of the molecule is CCNC(CCC(C)OC)Cc1ccc(OC)c(F)c1. The normalized spacial score (nSPS) is 14.1. The molecule has 0 radical (unpaired) electrons. The van der Waals surface area contributed by atoms with E-state index in [1.807, 2.05) is 6.07 Å². The Morgan fingerprint density at radius 1 is 1.25 bits per heavy atom. The van der Waals surface area contributed by atoms with Crippen LogP contribution in [0.1, 0.15) is 32.3 Å². The molecule has 0 saturated carbocycles. The van der Waals surface area contributed by atoms with E-state index >= 15 is 0 Å². The van der Waals surface area contributed by atoms with Crippen LogP contribution in [-0.2, 0) is 11.2 Å². The average molecular weight is 283 g/mol. The maximum Gasteiger partial charge on any atom is 0.165 e. The van der Waals surface area contributed by atoms with Crippen LogP contribution in [-0.4, -0.2) is 32.9 Å². The fraction of sp³-hybridized carbons (Fsp3) is 0.625. The number of nitrogens with one attached hydrogen (secondary N) is 1. The van der Waals surface area contributed by atoms with Crippen molar-refractivity contribution in [3.63, 3.8) is 0 Å². The maximum absolute atomic E-state index is 13.7. The minimum absolute atomic E-state index is 0.253. The third kappa shape index (κ3) is 5.47. The summed E-state index contributed by atoms with van der Waals surface area (Å²) in [6.45, 7) is 5.06. The van der Waals surface area contributed by atoms with Gasteiger partial charge >= 0.3 is 0 Å². The van der Waals surface area contributed by atoms with E-state index in [4.69, 9.17) is 9.47 Å². The fourth-order valence-electron chi connectivity index (χ4n) is 2.24. The highest BCUT2D eigenvalue weighted by Crippen LogP contribution is 2.19. The summed E-state index contributed by atoms with van der Waals surface area (Å²) >= 11 is 0. The molecule has 2 atom stereocenters. The van der Waals surface area contributed by atoms with Gasteiger partial charge in [-0.15, -0.1) is 0 Å². The van der Waals surface area contributed by atoms with Crippen molar-refractivity contribution in [2.45, 2.75) is 45.3 Å². The summed E-state index contributed by atoms with van der Waals surface area (Å²) in [5.74, 6) is -0.00716. The van der Waals surface area contributed by atoms with E-state index in [0.29, 0.717) is 11.8 Å². The van der Waals surface area contributed by atoms with Gasteiger partial charge in [-0.2, -0.15) is 0 Å². The Labute approximate surface area is 121 Å². The predicted octanol–water partition coefficient (Wildman–Crippen LogP) is 3.17. The van der Waals surface area contributed by atoms with Crippen LogP contribution in [0.15, 0.2) is 18.2 Å². The smallest absolute Gasteiger partial charge is 0.165 e. The Morgan fingerprint density at radius 2 is 2.00 bits per heavy atom. The molecule has 0 fully saturated rings. The molecule has 1 N–H and O–H groups in total. The molecule has 0 aliphatic heterocycles. The van der Waals surface area contributed by atoms with Crippen LogP contribution in [0.3, 0.4) is 0 Å². The Morgan fingerprint density at radius 3 is 2.55 bits per heavy atom. The molecule has 114 valence electrons. The largest absolute Gasteiger partial charge is 0.494 e. The second-order valence-corrected chi connectivity index (χ2v) is 5.05. The van der Waals surface area contributed by atoms with Gasteiger partial charge in [0.25, 0.3) is 0 Å². The van der Waals surface area contributed by atoms with Crippen LogP contribution < -0.4 is 10.1 Å². The lowest BCUT2D eigenvalue weighted by Gasteiger charge is -2.20. The Balaban J connectivity index is 2.62. The Bertz CT molecular complexity index is 398. The molecule has 0 bridgehead atoms. The van der Waals surface area contributed by atoms with E-state index in [-0.39, 0.29) is 11.9 Å². The van der Waals surface area contributed by atoms with Gasteiger partial charge < -0.3 is 14.8 Å². The first kappa shape index (κ1) is 16.9. The van der Waals surface area contributed by atoms with E-state index in [1.165, 1.54) is 7.11 Å². The molecule has 3 nitrogen and oxygen atoms in total. The van der Waals surface area contributed by atoms with Crippen LogP contribution in [0.25, 0.3) is 0 Å². The lowest BCUT2D eigenvalue weighted by atomic mass is 10.00. The van der Waals surface area contributed by atoms with Gasteiger partial charge in [-0.1, -0.05) is 13.0 Å². The minimum Gasteiger partial charge on any atom is -0.494 e. The molecule has 0 saturated heterocycles. The van der Waals surface area contributed by atoms with Crippen molar-refractivity contribution in [2.75, 3.05) is 20.8 Å². The van der Waals surface area contributed by atoms with E-state index in [9.17, 15) is 4.39 Å². The molecule has 0 spiro atoms. The van der Waals surface area contributed by atoms with Gasteiger partial charge in [-0.05, 0) is 50.4 Å². The molecule has 1 aromatic carbocycles. The number of methoxy groups -OCH3 is 2. The van der Waals surface area contributed by atoms with Crippen molar-refractivity contribution >= 4 is 0 Å². The quantitative estimate of drug-likeness (QED) is 0.755. The molecule has 0 amide bonds. The van der Waals surface area contributed by atoms with Crippen LogP contribution >= 0.6 is 0 Å². The number of likely N-dealkylation sites (N-methyl/N-ethyl adjacent to an activating group) is 1. The van der Waals surface area contributed by atoms with Gasteiger partial charge in [0, 0.05) is 13.2 Å². The summed E-state index contributed by atoms with van der Waals surface area (Å²) in [4.78, 5) is 0. The molecular weight excluding hydrogens is 257 g/mol. The van der Waals surface area contributed by atoms with Gasteiger partial charge in [0.1, 0.15) is 0 Å². The predicted molar refractivity (Wildman–Crippen MR) is 79.8 cm³/mol. The zero-order chi connectivity index (χ0) is 15.0. The van der Waals surface area contributed by atoms with Crippen molar-refractivity contribution < 1.29 is 13.9 Å². The summed E-state index contributed by atoms with van der Waals surface area (Å²) in [6.07, 6.45) is 3.07. The highest BCUT2D eigenvalue weighted by molar-refractivity contribution is 5.29. The van der Waals surface area contributed by atoms with Crippen molar-refractivity contribution in [2.24, 2.45) is 0 Å². The molecular formula is C16H26FNO2. The molecule has 2 unspecified atom stereocenters. The first-order valence-electron chi connectivity index (χ1n) is 7.19. The third-order valence-corrected chi connectivity index (χ3v) is 3.52. The summed E-state index contributed by atoms with van der Waals surface area (Å²) in [6, 6.07) is 5.51. The van der Waals surface area contributed by atoms with Crippen LogP contribution in [0.5, 0.6) is 5.75 Å². The van der Waals surface area contributed by atoms with E-state index in [1.54, 1.807) is 19.2 Å². The van der Waals surface area contributed by atoms with Gasteiger partial charge in [0.2, 0.25) is 0 Å². The monoisotopic (exact) mass is 283 g/mol. The first-order valence-corrected chi connectivity index (χ1v) is 7.19. The van der Waals surface area contributed by atoms with Gasteiger partial charge in [-0.25, -0.2) is 4.39 Å². The van der Waals surface area contributed by atoms with Crippen LogP contribution in [0.2, 0.25) is 0 Å². The molecule has 20 heavy (non-hydrogen) atoms. The van der Waals surface area contributed by atoms with E-state index in [2.05, 4.69) is 19.2 Å². The topological polar surface area (TPSA) is 30.5 Å². The number of ether oxygens (including phenoxy) is 2. The minimum atomic E-state index is -0.300. The average Bonchev–Trinajstić information content (AvgIpc) is 2.44. The number of hydrogen-bond donors (Lipinski definition) is 1. The van der Waals surface area contributed by atoms with Crippen molar-refractivity contribution in [3.8, 4) is 5.75 Å². The van der Waals surface area contributed by atoms with Gasteiger partial charge in [0.15, 0.2) is 11.6 Å². The zero-order valence-corrected chi connectivity index (χ0v) is 12.9. The first-order chi connectivity index (χ1) is 9.60. The van der Waals surface area contributed by atoms with Crippen molar-refractivity contribution in [1.29, 1.82) is 0 Å². The van der Waals surface area contributed by atoms with Crippen LogP contribution in [0.4, 0.5) is 4.39 Å². The molecule has 1 rings (SSSR count).